The fourth-order valence-electron chi connectivity index (χ4n) is 1.36. The first-order chi connectivity index (χ1) is 7.99. The molecule has 0 aromatic carbocycles. The number of carbonyl (C=O) groups excluding carboxylic acids is 1. The minimum absolute atomic E-state index is 0.175. The number of anilines is 1. The van der Waals surface area contributed by atoms with E-state index in [1.807, 2.05) is 12.3 Å². The summed E-state index contributed by atoms with van der Waals surface area (Å²) in [4.78, 5) is 16.8. The standard InChI is InChI=1S/C10H11BrN4OS/c1-5-4-17-8(7(5)11)9(16)13-10-12-6(2)14-15(10)3/h4H,1-3H3,(H,12,13,14,16). The van der Waals surface area contributed by atoms with Crippen molar-refractivity contribution in [2.75, 3.05) is 5.32 Å². The van der Waals surface area contributed by atoms with Crippen LogP contribution in [0.1, 0.15) is 21.1 Å². The van der Waals surface area contributed by atoms with Gasteiger partial charge in [0.05, 0.1) is 0 Å². The number of amides is 1. The summed E-state index contributed by atoms with van der Waals surface area (Å²) in [5.74, 6) is 0.903. The summed E-state index contributed by atoms with van der Waals surface area (Å²) in [5, 5.41) is 8.73. The highest BCUT2D eigenvalue weighted by molar-refractivity contribution is 9.10. The van der Waals surface area contributed by atoms with E-state index in [4.69, 9.17) is 0 Å². The molecule has 0 aliphatic rings. The molecule has 0 saturated heterocycles. The zero-order valence-electron chi connectivity index (χ0n) is 9.61. The quantitative estimate of drug-likeness (QED) is 0.926. The van der Waals surface area contributed by atoms with Crippen LogP contribution >= 0.6 is 27.3 Å². The van der Waals surface area contributed by atoms with Gasteiger partial charge in [-0.25, -0.2) is 4.68 Å². The van der Waals surface area contributed by atoms with Gasteiger partial charge in [-0.1, -0.05) is 0 Å². The van der Waals surface area contributed by atoms with Crippen molar-refractivity contribution in [1.29, 1.82) is 0 Å². The summed E-state index contributed by atoms with van der Waals surface area (Å²) in [6, 6.07) is 0. The van der Waals surface area contributed by atoms with Crippen molar-refractivity contribution in [2.45, 2.75) is 13.8 Å². The number of aryl methyl sites for hydroxylation is 3. The summed E-state index contributed by atoms with van der Waals surface area (Å²) >= 11 is 4.79. The van der Waals surface area contributed by atoms with Crippen LogP contribution in [0.2, 0.25) is 0 Å². The maximum atomic E-state index is 12.0. The number of hydrogen-bond acceptors (Lipinski definition) is 4. The van der Waals surface area contributed by atoms with Gasteiger partial charge in [-0.15, -0.1) is 11.3 Å². The number of nitrogens with zero attached hydrogens (tertiary/aromatic N) is 3. The van der Waals surface area contributed by atoms with E-state index in [1.54, 1.807) is 18.7 Å². The molecular formula is C10H11BrN4OS. The molecule has 0 aliphatic heterocycles. The number of nitrogens with one attached hydrogen (secondary N) is 1. The first-order valence-corrected chi connectivity index (χ1v) is 6.59. The molecular weight excluding hydrogens is 304 g/mol. The lowest BCUT2D eigenvalue weighted by Gasteiger charge is -2.02. The van der Waals surface area contributed by atoms with Crippen LogP contribution in [-0.4, -0.2) is 20.7 Å². The molecule has 2 rings (SSSR count). The second kappa shape index (κ2) is 4.58. The highest BCUT2D eigenvalue weighted by atomic mass is 79.9. The van der Waals surface area contributed by atoms with E-state index in [0.717, 1.165) is 10.0 Å². The third-order valence-corrected chi connectivity index (χ3v) is 4.58. The summed E-state index contributed by atoms with van der Waals surface area (Å²) in [6.45, 7) is 3.73. The van der Waals surface area contributed by atoms with Crippen molar-refractivity contribution in [3.05, 3.63) is 26.1 Å². The molecule has 90 valence electrons. The van der Waals surface area contributed by atoms with E-state index >= 15 is 0 Å². The van der Waals surface area contributed by atoms with Crippen molar-refractivity contribution in [1.82, 2.24) is 14.8 Å². The highest BCUT2D eigenvalue weighted by Gasteiger charge is 2.16. The Labute approximate surface area is 111 Å². The average Bonchev–Trinajstić information content (AvgIpc) is 2.73. The van der Waals surface area contributed by atoms with Crippen LogP contribution in [0.5, 0.6) is 0 Å². The van der Waals surface area contributed by atoms with Crippen LogP contribution in [0, 0.1) is 13.8 Å². The van der Waals surface area contributed by atoms with Crippen LogP contribution in [-0.2, 0) is 7.05 Å². The number of aromatic nitrogens is 3. The first kappa shape index (κ1) is 12.3. The van der Waals surface area contributed by atoms with Gasteiger partial charge in [-0.3, -0.25) is 10.1 Å². The van der Waals surface area contributed by atoms with Gasteiger partial charge in [0.25, 0.3) is 5.91 Å². The molecule has 0 spiro atoms. The third-order valence-electron chi connectivity index (χ3n) is 2.20. The fourth-order valence-corrected chi connectivity index (χ4v) is 2.92. The summed E-state index contributed by atoms with van der Waals surface area (Å²) < 4.78 is 2.38. The van der Waals surface area contributed by atoms with Gasteiger partial charge >= 0.3 is 0 Å². The zero-order valence-corrected chi connectivity index (χ0v) is 12.0. The summed E-state index contributed by atoms with van der Waals surface area (Å²) in [6.07, 6.45) is 0. The first-order valence-electron chi connectivity index (χ1n) is 4.91. The second-order valence-corrected chi connectivity index (χ2v) is 5.29. The van der Waals surface area contributed by atoms with Crippen molar-refractivity contribution >= 4 is 39.1 Å². The maximum Gasteiger partial charge on any atom is 0.269 e. The molecule has 17 heavy (non-hydrogen) atoms. The Morgan fingerprint density at radius 3 is 2.71 bits per heavy atom. The van der Waals surface area contributed by atoms with E-state index in [9.17, 15) is 4.79 Å². The van der Waals surface area contributed by atoms with Crippen molar-refractivity contribution in [3.8, 4) is 0 Å². The Balaban J connectivity index is 2.23. The van der Waals surface area contributed by atoms with E-state index in [-0.39, 0.29) is 5.91 Å². The monoisotopic (exact) mass is 314 g/mol. The molecule has 2 aromatic heterocycles. The molecule has 0 saturated carbocycles. The van der Waals surface area contributed by atoms with Crippen LogP contribution in [0.3, 0.4) is 0 Å². The molecule has 0 radical (unpaired) electrons. The van der Waals surface area contributed by atoms with Gasteiger partial charge in [0.2, 0.25) is 5.95 Å². The molecule has 0 atom stereocenters. The predicted octanol–water partition coefficient (Wildman–Crippen LogP) is 2.51. The Morgan fingerprint density at radius 1 is 1.53 bits per heavy atom. The van der Waals surface area contributed by atoms with Gasteiger partial charge in [-0.05, 0) is 40.7 Å². The molecule has 2 heterocycles. The lowest BCUT2D eigenvalue weighted by atomic mass is 10.3. The van der Waals surface area contributed by atoms with E-state index in [2.05, 4.69) is 31.3 Å². The number of halogens is 1. The van der Waals surface area contributed by atoms with Crippen molar-refractivity contribution < 1.29 is 4.79 Å². The molecule has 5 nitrogen and oxygen atoms in total. The second-order valence-electron chi connectivity index (χ2n) is 3.62. The lowest BCUT2D eigenvalue weighted by molar-refractivity contribution is 0.102. The molecule has 0 unspecified atom stereocenters. The SMILES string of the molecule is Cc1nc(NC(=O)c2scc(C)c2Br)n(C)n1. The minimum Gasteiger partial charge on any atom is -0.290 e. The number of thiophene rings is 1. The Hall–Kier alpha value is -1.21. The van der Waals surface area contributed by atoms with Gasteiger partial charge in [0.1, 0.15) is 10.7 Å². The van der Waals surface area contributed by atoms with Gasteiger partial charge < -0.3 is 0 Å². The van der Waals surface area contributed by atoms with Crippen LogP contribution < -0.4 is 5.32 Å². The third kappa shape index (κ3) is 2.39. The molecule has 0 aliphatic carbocycles. The average molecular weight is 315 g/mol. The Morgan fingerprint density at radius 2 is 2.24 bits per heavy atom. The number of carbonyl (C=O) groups is 1. The molecule has 0 fully saturated rings. The highest BCUT2D eigenvalue weighted by Crippen LogP contribution is 2.28. The molecule has 2 aromatic rings. The van der Waals surface area contributed by atoms with Crippen LogP contribution in [0.4, 0.5) is 5.95 Å². The lowest BCUT2D eigenvalue weighted by Crippen LogP contribution is -2.14. The summed E-state index contributed by atoms with van der Waals surface area (Å²) in [7, 11) is 1.74. The largest absolute Gasteiger partial charge is 0.290 e. The maximum absolute atomic E-state index is 12.0. The van der Waals surface area contributed by atoms with E-state index in [1.165, 1.54) is 11.3 Å². The Bertz CT molecular complexity index is 575. The van der Waals surface area contributed by atoms with E-state index < -0.39 is 0 Å². The molecule has 0 bridgehead atoms. The zero-order chi connectivity index (χ0) is 12.6. The molecule has 7 heteroatoms. The van der Waals surface area contributed by atoms with Gasteiger partial charge in [-0.2, -0.15) is 10.1 Å². The predicted molar refractivity (Wildman–Crippen MR) is 70.4 cm³/mol. The van der Waals surface area contributed by atoms with Crippen LogP contribution in [0.25, 0.3) is 0 Å². The van der Waals surface area contributed by atoms with E-state index in [0.29, 0.717) is 16.6 Å². The molecule has 1 amide bonds. The van der Waals surface area contributed by atoms with Crippen molar-refractivity contribution in [3.63, 3.8) is 0 Å². The normalized spacial score (nSPS) is 10.6. The minimum atomic E-state index is -0.175. The fraction of sp³-hybridized carbons (Fsp3) is 0.300. The summed E-state index contributed by atoms with van der Waals surface area (Å²) in [5.41, 5.74) is 1.05. The number of rotatable bonds is 2. The topological polar surface area (TPSA) is 59.8 Å². The van der Waals surface area contributed by atoms with Crippen LogP contribution in [0.15, 0.2) is 9.85 Å². The molecule has 1 N–H and O–H groups in total. The smallest absolute Gasteiger partial charge is 0.269 e. The van der Waals surface area contributed by atoms with Crippen molar-refractivity contribution in [2.24, 2.45) is 7.05 Å². The van der Waals surface area contributed by atoms with Gasteiger partial charge in [0.15, 0.2) is 0 Å². The Kier molecular flexibility index (Phi) is 3.30. The van der Waals surface area contributed by atoms with Gasteiger partial charge in [0, 0.05) is 11.5 Å². The number of hydrogen-bond donors (Lipinski definition) is 1.